The second-order valence-electron chi connectivity index (χ2n) is 4.41. The van der Waals surface area contributed by atoms with E-state index in [2.05, 4.69) is 11.9 Å². The maximum absolute atomic E-state index is 11.1. The molecule has 0 amide bonds. The number of rotatable bonds is 1. The predicted molar refractivity (Wildman–Crippen MR) is 49.6 cm³/mol. The first kappa shape index (κ1) is 9.00. The van der Waals surface area contributed by atoms with Crippen LogP contribution >= 0.6 is 0 Å². The van der Waals surface area contributed by atoms with Gasteiger partial charge in [0.1, 0.15) is 0 Å². The first-order valence-corrected chi connectivity index (χ1v) is 5.11. The van der Waals surface area contributed by atoms with E-state index in [1.807, 2.05) is 0 Å². The summed E-state index contributed by atoms with van der Waals surface area (Å²) in [5.74, 6) is -0.703. The van der Waals surface area contributed by atoms with E-state index in [0.717, 1.165) is 25.8 Å². The summed E-state index contributed by atoms with van der Waals surface area (Å²) in [4.78, 5) is 13.4. The molecule has 1 N–H and O–H groups in total. The molecule has 74 valence electrons. The molecule has 0 aromatic carbocycles. The van der Waals surface area contributed by atoms with Crippen LogP contribution in [0.15, 0.2) is 0 Å². The number of carbonyl (C=O) groups is 1. The van der Waals surface area contributed by atoms with Crippen molar-refractivity contribution in [3.8, 4) is 0 Å². The molecule has 0 aromatic heterocycles. The van der Waals surface area contributed by atoms with Crippen LogP contribution in [0.5, 0.6) is 0 Å². The van der Waals surface area contributed by atoms with Crippen LogP contribution in [-0.2, 0) is 4.79 Å². The summed E-state index contributed by atoms with van der Waals surface area (Å²) in [5.41, 5.74) is 0.0197. The molecular weight excluding hydrogens is 166 g/mol. The molecule has 1 unspecified atom stereocenters. The van der Waals surface area contributed by atoms with Gasteiger partial charge < -0.3 is 5.11 Å². The van der Waals surface area contributed by atoms with Crippen molar-refractivity contribution >= 4 is 5.97 Å². The molecule has 0 aromatic rings. The van der Waals surface area contributed by atoms with Gasteiger partial charge in [-0.05, 0) is 32.9 Å². The monoisotopic (exact) mass is 183 g/mol. The molecule has 2 aliphatic rings. The Morgan fingerprint density at radius 1 is 1.46 bits per heavy atom. The number of carboxylic acids is 1. The summed E-state index contributed by atoms with van der Waals surface area (Å²) < 4.78 is 0. The number of hydrogen-bond donors (Lipinski definition) is 1. The van der Waals surface area contributed by atoms with Crippen LogP contribution in [0, 0.1) is 5.92 Å². The summed E-state index contributed by atoms with van der Waals surface area (Å²) in [6, 6.07) is 0. The van der Waals surface area contributed by atoms with E-state index >= 15 is 0 Å². The van der Waals surface area contributed by atoms with Gasteiger partial charge in [-0.15, -0.1) is 0 Å². The van der Waals surface area contributed by atoms with E-state index in [4.69, 9.17) is 5.11 Å². The molecule has 1 heterocycles. The molecule has 2 rings (SSSR count). The predicted octanol–water partition coefficient (Wildman–Crippen LogP) is 1.34. The molecule has 1 aliphatic carbocycles. The Bertz CT molecular complexity index is 221. The second kappa shape index (κ2) is 2.98. The third kappa shape index (κ3) is 1.17. The minimum atomic E-state index is -0.591. The molecule has 0 radical (unpaired) electrons. The smallest absolute Gasteiger partial charge is 0.308 e. The van der Waals surface area contributed by atoms with E-state index < -0.39 is 5.97 Å². The molecule has 3 heteroatoms. The molecule has 13 heavy (non-hydrogen) atoms. The summed E-state index contributed by atoms with van der Waals surface area (Å²) >= 11 is 0. The minimum absolute atomic E-state index is 0.0197. The number of nitrogens with zero attached hydrogens (tertiary/aromatic N) is 1. The fourth-order valence-electron chi connectivity index (χ4n) is 3.15. The molecule has 1 spiro atoms. The zero-order valence-electron chi connectivity index (χ0n) is 8.12. The average Bonchev–Trinajstić information content (AvgIpc) is 2.64. The van der Waals surface area contributed by atoms with Crippen LogP contribution in [0.25, 0.3) is 0 Å². The zero-order valence-corrected chi connectivity index (χ0v) is 8.12. The van der Waals surface area contributed by atoms with Gasteiger partial charge in [0, 0.05) is 5.54 Å². The Labute approximate surface area is 78.7 Å². The lowest BCUT2D eigenvalue weighted by Crippen LogP contribution is -2.45. The Balaban J connectivity index is 2.24. The second-order valence-corrected chi connectivity index (χ2v) is 4.41. The molecular formula is C10H17NO2. The maximum atomic E-state index is 11.1. The first-order valence-electron chi connectivity index (χ1n) is 5.11. The van der Waals surface area contributed by atoms with Gasteiger partial charge in [0.05, 0.1) is 5.92 Å². The largest absolute Gasteiger partial charge is 0.481 e. The normalized spacial score (nSPS) is 32.8. The molecule has 1 atom stereocenters. The fraction of sp³-hybridized carbons (Fsp3) is 0.900. The highest BCUT2D eigenvalue weighted by atomic mass is 16.4. The third-order valence-corrected chi connectivity index (χ3v) is 3.93. The quantitative estimate of drug-likeness (QED) is 0.666. The summed E-state index contributed by atoms with van der Waals surface area (Å²) in [6.45, 7) is 0.955. The van der Waals surface area contributed by atoms with Crippen LogP contribution in [0.3, 0.4) is 0 Å². The first-order chi connectivity index (χ1) is 6.17. The van der Waals surface area contributed by atoms with Crippen molar-refractivity contribution in [2.75, 3.05) is 13.6 Å². The van der Waals surface area contributed by atoms with Gasteiger partial charge in [0.15, 0.2) is 0 Å². The van der Waals surface area contributed by atoms with Crippen molar-refractivity contribution in [2.24, 2.45) is 5.92 Å². The van der Waals surface area contributed by atoms with Gasteiger partial charge in [-0.2, -0.15) is 0 Å². The van der Waals surface area contributed by atoms with Crippen LogP contribution < -0.4 is 0 Å². The summed E-state index contributed by atoms with van der Waals surface area (Å²) in [6.07, 6.45) is 5.41. The van der Waals surface area contributed by atoms with Gasteiger partial charge in [0.2, 0.25) is 0 Å². The van der Waals surface area contributed by atoms with Crippen LogP contribution in [0.4, 0.5) is 0 Å². The fourth-order valence-corrected chi connectivity index (χ4v) is 3.15. The van der Waals surface area contributed by atoms with Crippen molar-refractivity contribution in [3.63, 3.8) is 0 Å². The van der Waals surface area contributed by atoms with Gasteiger partial charge in [-0.3, -0.25) is 9.69 Å². The Morgan fingerprint density at radius 3 is 2.62 bits per heavy atom. The number of hydrogen-bond acceptors (Lipinski definition) is 2. The third-order valence-electron chi connectivity index (χ3n) is 3.93. The Morgan fingerprint density at radius 2 is 2.08 bits per heavy atom. The van der Waals surface area contributed by atoms with Gasteiger partial charge in [-0.1, -0.05) is 12.8 Å². The van der Waals surface area contributed by atoms with Crippen molar-refractivity contribution in [1.82, 2.24) is 4.90 Å². The summed E-state index contributed by atoms with van der Waals surface area (Å²) in [7, 11) is 2.08. The molecule has 0 bridgehead atoms. The minimum Gasteiger partial charge on any atom is -0.481 e. The SMILES string of the molecule is CN1CCC(C(=O)O)C12CCCC2. The van der Waals surface area contributed by atoms with Crippen LogP contribution in [0.1, 0.15) is 32.1 Å². The Kier molecular flexibility index (Phi) is 2.06. The van der Waals surface area contributed by atoms with Gasteiger partial charge in [0.25, 0.3) is 0 Å². The van der Waals surface area contributed by atoms with E-state index in [1.54, 1.807) is 0 Å². The lowest BCUT2D eigenvalue weighted by molar-refractivity contribution is -0.144. The summed E-state index contributed by atoms with van der Waals surface area (Å²) in [5, 5.41) is 9.13. The van der Waals surface area contributed by atoms with Crippen molar-refractivity contribution in [2.45, 2.75) is 37.6 Å². The van der Waals surface area contributed by atoms with E-state index in [-0.39, 0.29) is 11.5 Å². The zero-order chi connectivity index (χ0) is 9.47. The van der Waals surface area contributed by atoms with Gasteiger partial charge in [-0.25, -0.2) is 0 Å². The lowest BCUT2D eigenvalue weighted by atomic mass is 9.83. The van der Waals surface area contributed by atoms with Crippen molar-refractivity contribution in [3.05, 3.63) is 0 Å². The maximum Gasteiger partial charge on any atom is 0.308 e. The van der Waals surface area contributed by atoms with E-state index in [9.17, 15) is 4.79 Å². The highest BCUT2D eigenvalue weighted by Crippen LogP contribution is 2.46. The topological polar surface area (TPSA) is 40.5 Å². The standard InChI is InChI=1S/C10H17NO2/c1-11-7-4-8(9(12)13)10(11)5-2-3-6-10/h8H,2-7H2,1H3,(H,12,13). The molecule has 1 aliphatic heterocycles. The molecule has 1 saturated carbocycles. The molecule has 2 fully saturated rings. The number of likely N-dealkylation sites (tertiary alicyclic amines) is 1. The van der Waals surface area contributed by atoms with Crippen molar-refractivity contribution in [1.29, 1.82) is 0 Å². The van der Waals surface area contributed by atoms with E-state index in [0.29, 0.717) is 0 Å². The van der Waals surface area contributed by atoms with Crippen LogP contribution in [0.2, 0.25) is 0 Å². The highest BCUT2D eigenvalue weighted by molar-refractivity contribution is 5.72. The molecule has 1 saturated heterocycles. The Hall–Kier alpha value is -0.570. The molecule has 3 nitrogen and oxygen atoms in total. The number of aliphatic carboxylic acids is 1. The highest BCUT2D eigenvalue weighted by Gasteiger charge is 2.51. The average molecular weight is 183 g/mol. The van der Waals surface area contributed by atoms with E-state index in [1.165, 1.54) is 12.8 Å². The van der Waals surface area contributed by atoms with Crippen molar-refractivity contribution < 1.29 is 9.90 Å². The lowest BCUT2D eigenvalue weighted by Gasteiger charge is -2.35. The van der Waals surface area contributed by atoms with Gasteiger partial charge >= 0.3 is 5.97 Å². The number of carboxylic acid groups (broad SMARTS) is 1. The van der Waals surface area contributed by atoms with Crippen LogP contribution in [-0.4, -0.2) is 35.1 Å².